The van der Waals surface area contributed by atoms with E-state index in [1.807, 2.05) is 6.92 Å². The zero-order chi connectivity index (χ0) is 11.9. The Morgan fingerprint density at radius 2 is 1.88 bits per heavy atom. The fourth-order valence-electron chi connectivity index (χ4n) is 1.92. The van der Waals surface area contributed by atoms with E-state index in [4.69, 9.17) is 0 Å². The minimum absolute atomic E-state index is 0.0160. The van der Waals surface area contributed by atoms with E-state index < -0.39 is 17.6 Å². The van der Waals surface area contributed by atoms with E-state index in [2.05, 4.69) is 0 Å². The maximum atomic E-state index is 13.5. The van der Waals surface area contributed by atoms with Gasteiger partial charge in [0.25, 0.3) is 0 Å². The average molecular weight is 232 g/mol. The highest BCUT2D eigenvalue weighted by molar-refractivity contribution is 5.29. The van der Waals surface area contributed by atoms with E-state index in [0.29, 0.717) is 17.5 Å². The Morgan fingerprint density at radius 1 is 1.25 bits per heavy atom. The molecule has 1 aromatic carbocycles. The molecular formula is C12H12F4. The second kappa shape index (κ2) is 3.75. The quantitative estimate of drug-likeness (QED) is 0.664. The smallest absolute Gasteiger partial charge is 0.207 e. The molecule has 88 valence electrons. The molecular weight excluding hydrogens is 220 g/mol. The molecule has 0 aliphatic heterocycles. The Kier molecular flexibility index (Phi) is 2.68. The Balaban J connectivity index is 2.29. The molecule has 4 heteroatoms. The first-order valence-corrected chi connectivity index (χ1v) is 5.26. The Morgan fingerprint density at radius 3 is 2.31 bits per heavy atom. The van der Waals surface area contributed by atoms with Crippen LogP contribution in [0.1, 0.15) is 36.8 Å². The maximum Gasteiger partial charge on any atom is 0.416 e. The van der Waals surface area contributed by atoms with Crippen LogP contribution in [0, 0.1) is 11.7 Å². The van der Waals surface area contributed by atoms with Crippen molar-refractivity contribution in [1.29, 1.82) is 0 Å². The van der Waals surface area contributed by atoms with Gasteiger partial charge in [-0.15, -0.1) is 0 Å². The largest absolute Gasteiger partial charge is 0.416 e. The maximum absolute atomic E-state index is 13.5. The van der Waals surface area contributed by atoms with Crippen molar-refractivity contribution in [3.63, 3.8) is 0 Å². The number of alkyl halides is 3. The third-order valence-electron chi connectivity index (χ3n) is 3.15. The number of benzene rings is 1. The predicted molar refractivity (Wildman–Crippen MR) is 52.5 cm³/mol. The molecule has 0 bridgehead atoms. The monoisotopic (exact) mass is 232 g/mol. The summed E-state index contributed by atoms with van der Waals surface area (Å²) in [5.74, 6) is -0.289. The van der Waals surface area contributed by atoms with Crippen LogP contribution in [0.25, 0.3) is 0 Å². The van der Waals surface area contributed by atoms with Gasteiger partial charge in [-0.2, -0.15) is 13.2 Å². The minimum Gasteiger partial charge on any atom is -0.207 e. The number of hydrogen-bond donors (Lipinski definition) is 0. The number of hydrogen-bond acceptors (Lipinski definition) is 0. The molecule has 0 amide bonds. The van der Waals surface area contributed by atoms with Gasteiger partial charge >= 0.3 is 6.18 Å². The van der Waals surface area contributed by atoms with Crippen molar-refractivity contribution in [2.45, 2.75) is 31.9 Å². The number of halogens is 4. The van der Waals surface area contributed by atoms with Gasteiger partial charge in [0.2, 0.25) is 0 Å². The van der Waals surface area contributed by atoms with Gasteiger partial charge in [0, 0.05) is 0 Å². The Labute approximate surface area is 91.3 Å². The van der Waals surface area contributed by atoms with Crippen LogP contribution >= 0.6 is 0 Å². The van der Waals surface area contributed by atoms with Crippen LogP contribution in [0.3, 0.4) is 0 Å². The van der Waals surface area contributed by atoms with Gasteiger partial charge in [0.05, 0.1) is 5.56 Å². The molecule has 2 rings (SSSR count). The van der Waals surface area contributed by atoms with Crippen molar-refractivity contribution in [1.82, 2.24) is 0 Å². The highest BCUT2D eigenvalue weighted by Gasteiger charge is 2.34. The molecule has 1 aromatic rings. The van der Waals surface area contributed by atoms with Crippen molar-refractivity contribution in [3.05, 3.63) is 35.1 Å². The van der Waals surface area contributed by atoms with Crippen molar-refractivity contribution >= 4 is 0 Å². The van der Waals surface area contributed by atoms with E-state index in [1.165, 1.54) is 6.07 Å². The third-order valence-corrected chi connectivity index (χ3v) is 3.15. The van der Waals surface area contributed by atoms with E-state index in [0.717, 1.165) is 18.9 Å². The summed E-state index contributed by atoms with van der Waals surface area (Å²) >= 11 is 0. The first kappa shape index (κ1) is 11.4. The summed E-state index contributed by atoms with van der Waals surface area (Å²) in [6.07, 6.45) is -2.38. The van der Waals surface area contributed by atoms with Gasteiger partial charge in [-0.05, 0) is 42.4 Å². The zero-order valence-corrected chi connectivity index (χ0v) is 8.81. The summed E-state index contributed by atoms with van der Waals surface area (Å²) in [5, 5.41) is 0. The topological polar surface area (TPSA) is 0 Å². The molecule has 0 nitrogen and oxygen atoms in total. The second-order valence-electron chi connectivity index (χ2n) is 4.36. The highest BCUT2D eigenvalue weighted by atomic mass is 19.4. The summed E-state index contributed by atoms with van der Waals surface area (Å²) in [5.41, 5.74) is -0.521. The molecule has 0 N–H and O–H groups in total. The van der Waals surface area contributed by atoms with Gasteiger partial charge in [0.1, 0.15) is 5.82 Å². The van der Waals surface area contributed by atoms with Crippen molar-refractivity contribution < 1.29 is 17.6 Å². The van der Waals surface area contributed by atoms with E-state index in [-0.39, 0.29) is 5.92 Å². The lowest BCUT2D eigenvalue weighted by molar-refractivity contribution is -0.137. The molecule has 16 heavy (non-hydrogen) atoms. The highest BCUT2D eigenvalue weighted by Crippen LogP contribution is 2.43. The van der Waals surface area contributed by atoms with E-state index in [1.54, 1.807) is 0 Å². The van der Waals surface area contributed by atoms with Gasteiger partial charge < -0.3 is 0 Å². The summed E-state index contributed by atoms with van der Waals surface area (Å²) < 4.78 is 50.4. The summed E-state index contributed by atoms with van der Waals surface area (Å²) in [6.45, 7) is 1.86. The summed E-state index contributed by atoms with van der Waals surface area (Å²) in [7, 11) is 0. The second-order valence-corrected chi connectivity index (χ2v) is 4.36. The van der Waals surface area contributed by atoms with Crippen LogP contribution in [-0.4, -0.2) is 0 Å². The van der Waals surface area contributed by atoms with Gasteiger partial charge in [0.15, 0.2) is 0 Å². The van der Waals surface area contributed by atoms with Crippen molar-refractivity contribution in [2.75, 3.05) is 0 Å². The molecule has 1 unspecified atom stereocenters. The van der Waals surface area contributed by atoms with Gasteiger partial charge in [-0.1, -0.05) is 13.0 Å². The summed E-state index contributed by atoms with van der Waals surface area (Å²) in [4.78, 5) is 0. The first-order chi connectivity index (χ1) is 7.39. The number of rotatable bonds is 2. The molecule has 1 aliphatic carbocycles. The molecule has 1 aliphatic rings. The fourth-order valence-corrected chi connectivity index (χ4v) is 1.92. The molecule has 0 radical (unpaired) electrons. The SMILES string of the molecule is CC(c1ccc(C(F)(F)F)cc1F)C1CC1. The Hall–Kier alpha value is -1.06. The lowest BCUT2D eigenvalue weighted by Gasteiger charge is -2.13. The molecule has 0 spiro atoms. The zero-order valence-electron chi connectivity index (χ0n) is 8.81. The van der Waals surface area contributed by atoms with Crippen LogP contribution in [0.4, 0.5) is 17.6 Å². The van der Waals surface area contributed by atoms with Gasteiger partial charge in [-0.3, -0.25) is 0 Å². The van der Waals surface area contributed by atoms with Gasteiger partial charge in [-0.25, -0.2) is 4.39 Å². The van der Waals surface area contributed by atoms with Crippen LogP contribution in [0.15, 0.2) is 18.2 Å². The molecule has 1 fully saturated rings. The van der Waals surface area contributed by atoms with Crippen molar-refractivity contribution in [2.24, 2.45) is 5.92 Å². The van der Waals surface area contributed by atoms with E-state index in [9.17, 15) is 17.6 Å². The van der Waals surface area contributed by atoms with Crippen molar-refractivity contribution in [3.8, 4) is 0 Å². The fraction of sp³-hybridized carbons (Fsp3) is 0.500. The van der Waals surface area contributed by atoms with Crippen LogP contribution in [0.5, 0.6) is 0 Å². The molecule has 0 saturated heterocycles. The van der Waals surface area contributed by atoms with E-state index >= 15 is 0 Å². The lowest BCUT2D eigenvalue weighted by atomic mass is 9.95. The van der Waals surface area contributed by atoms with Crippen LogP contribution < -0.4 is 0 Å². The minimum atomic E-state index is -4.47. The van der Waals surface area contributed by atoms with Crippen LogP contribution in [-0.2, 0) is 6.18 Å². The molecule has 0 aromatic heterocycles. The molecule has 0 heterocycles. The molecule has 1 atom stereocenters. The Bertz CT molecular complexity index is 390. The lowest BCUT2D eigenvalue weighted by Crippen LogP contribution is -2.07. The average Bonchev–Trinajstić information content (AvgIpc) is 2.98. The standard InChI is InChI=1S/C12H12F4/c1-7(8-2-3-8)10-5-4-9(6-11(10)13)12(14,15)16/h4-8H,2-3H2,1H3. The first-order valence-electron chi connectivity index (χ1n) is 5.26. The normalized spacial score (nSPS) is 18.6. The molecule has 1 saturated carbocycles. The third kappa shape index (κ3) is 2.20. The summed E-state index contributed by atoms with van der Waals surface area (Å²) in [6, 6.07) is 2.81. The predicted octanol–water partition coefficient (Wildman–Crippen LogP) is 4.36. The van der Waals surface area contributed by atoms with Crippen LogP contribution in [0.2, 0.25) is 0 Å².